The lowest BCUT2D eigenvalue weighted by atomic mass is 10.0. The van der Waals surface area contributed by atoms with E-state index in [-0.39, 0.29) is 0 Å². The first-order valence-corrected chi connectivity index (χ1v) is 10.8. The first-order valence-electron chi connectivity index (χ1n) is 9.32. The molecule has 0 bridgehead atoms. The topological polar surface area (TPSA) is 80.1 Å². The Hall–Kier alpha value is -2.29. The van der Waals surface area contributed by atoms with Gasteiger partial charge in [-0.05, 0) is 29.5 Å². The summed E-state index contributed by atoms with van der Waals surface area (Å²) in [5.41, 5.74) is 4.31. The molecule has 0 unspecified atom stereocenters. The SMILES string of the molecule is CC(C)Cn1cc(CCNS(=O)(=O)N(C)C)c2ccc(-c3cncnc3)cc21. The zero-order valence-electron chi connectivity index (χ0n) is 16.8. The highest BCUT2D eigenvalue weighted by molar-refractivity contribution is 7.87. The van der Waals surface area contributed by atoms with E-state index in [4.69, 9.17) is 0 Å². The third-order valence-electron chi connectivity index (χ3n) is 4.58. The van der Waals surface area contributed by atoms with E-state index in [1.165, 1.54) is 24.7 Å². The van der Waals surface area contributed by atoms with E-state index in [0.717, 1.165) is 34.1 Å². The van der Waals surface area contributed by atoms with Gasteiger partial charge in [-0.1, -0.05) is 26.0 Å². The minimum absolute atomic E-state index is 0.357. The summed E-state index contributed by atoms with van der Waals surface area (Å²) in [4.78, 5) is 8.22. The number of rotatable bonds is 8. The van der Waals surface area contributed by atoms with Gasteiger partial charge in [0, 0.05) is 62.2 Å². The first-order chi connectivity index (χ1) is 13.3. The molecular formula is C20H27N5O2S. The lowest BCUT2D eigenvalue weighted by molar-refractivity contribution is 0.506. The molecule has 2 heterocycles. The average Bonchev–Trinajstić information content (AvgIpc) is 2.98. The van der Waals surface area contributed by atoms with E-state index in [2.05, 4.69) is 57.5 Å². The molecule has 0 saturated heterocycles. The second kappa shape index (κ2) is 8.38. The van der Waals surface area contributed by atoms with Gasteiger partial charge in [-0.25, -0.2) is 14.7 Å². The van der Waals surface area contributed by atoms with Crippen LogP contribution in [0.4, 0.5) is 0 Å². The van der Waals surface area contributed by atoms with E-state index < -0.39 is 10.2 Å². The molecule has 3 rings (SSSR count). The maximum atomic E-state index is 11.9. The molecule has 0 amide bonds. The van der Waals surface area contributed by atoms with Crippen LogP contribution in [0.2, 0.25) is 0 Å². The fraction of sp³-hybridized carbons (Fsp3) is 0.400. The molecule has 28 heavy (non-hydrogen) atoms. The lowest BCUT2D eigenvalue weighted by Crippen LogP contribution is -2.36. The molecule has 0 aliphatic heterocycles. The van der Waals surface area contributed by atoms with Gasteiger partial charge in [-0.2, -0.15) is 12.7 Å². The smallest absolute Gasteiger partial charge is 0.278 e. The van der Waals surface area contributed by atoms with Crippen LogP contribution in [0.1, 0.15) is 19.4 Å². The Kier molecular flexibility index (Phi) is 6.12. The summed E-state index contributed by atoms with van der Waals surface area (Å²) in [5, 5.41) is 1.14. The van der Waals surface area contributed by atoms with Crippen LogP contribution < -0.4 is 4.72 Å². The summed E-state index contributed by atoms with van der Waals surface area (Å²) in [7, 11) is -0.375. The van der Waals surface area contributed by atoms with Crippen LogP contribution in [0, 0.1) is 5.92 Å². The fourth-order valence-corrected chi connectivity index (χ4v) is 3.80. The third-order valence-corrected chi connectivity index (χ3v) is 6.11. The molecule has 0 saturated carbocycles. The van der Waals surface area contributed by atoms with Crippen molar-refractivity contribution in [1.82, 2.24) is 23.6 Å². The van der Waals surface area contributed by atoms with Gasteiger partial charge in [-0.15, -0.1) is 0 Å². The zero-order chi connectivity index (χ0) is 20.3. The molecule has 1 aromatic carbocycles. The highest BCUT2D eigenvalue weighted by Gasteiger charge is 2.14. The van der Waals surface area contributed by atoms with Crippen molar-refractivity contribution in [1.29, 1.82) is 0 Å². The largest absolute Gasteiger partial charge is 0.347 e. The minimum Gasteiger partial charge on any atom is -0.347 e. The van der Waals surface area contributed by atoms with Crippen molar-refractivity contribution in [2.45, 2.75) is 26.8 Å². The molecule has 8 heteroatoms. The van der Waals surface area contributed by atoms with Crippen molar-refractivity contribution >= 4 is 21.1 Å². The molecule has 3 aromatic rings. The maximum absolute atomic E-state index is 11.9. The predicted molar refractivity (Wildman–Crippen MR) is 112 cm³/mol. The van der Waals surface area contributed by atoms with Crippen LogP contribution in [0.5, 0.6) is 0 Å². The zero-order valence-corrected chi connectivity index (χ0v) is 17.6. The van der Waals surface area contributed by atoms with Gasteiger partial charge in [0.05, 0.1) is 0 Å². The monoisotopic (exact) mass is 401 g/mol. The van der Waals surface area contributed by atoms with Crippen molar-refractivity contribution in [3.8, 4) is 11.1 Å². The Morgan fingerprint density at radius 1 is 1.14 bits per heavy atom. The molecular weight excluding hydrogens is 374 g/mol. The van der Waals surface area contributed by atoms with Crippen LogP contribution in [0.3, 0.4) is 0 Å². The summed E-state index contributed by atoms with van der Waals surface area (Å²) in [6.45, 7) is 5.63. The van der Waals surface area contributed by atoms with E-state index in [9.17, 15) is 8.42 Å². The van der Waals surface area contributed by atoms with Crippen molar-refractivity contribution in [3.63, 3.8) is 0 Å². The number of hydrogen-bond donors (Lipinski definition) is 1. The van der Waals surface area contributed by atoms with Crippen molar-refractivity contribution in [2.75, 3.05) is 20.6 Å². The predicted octanol–water partition coefficient (Wildman–Crippen LogP) is 2.69. The van der Waals surface area contributed by atoms with Crippen LogP contribution in [-0.2, 0) is 23.2 Å². The number of benzene rings is 1. The van der Waals surface area contributed by atoms with E-state index in [0.29, 0.717) is 18.9 Å². The van der Waals surface area contributed by atoms with E-state index >= 15 is 0 Å². The van der Waals surface area contributed by atoms with Crippen molar-refractivity contribution < 1.29 is 8.42 Å². The van der Waals surface area contributed by atoms with Gasteiger partial charge in [0.2, 0.25) is 0 Å². The molecule has 0 aliphatic rings. The third kappa shape index (κ3) is 4.57. The standard InChI is InChI=1S/C20H27N5O2S/c1-15(2)12-25-13-17(7-8-23-28(26,27)24(3)4)19-6-5-16(9-20(19)25)18-10-21-14-22-11-18/h5-6,9-11,13-15,23H,7-8,12H2,1-4H3. The summed E-state index contributed by atoms with van der Waals surface area (Å²) in [5.74, 6) is 0.499. The van der Waals surface area contributed by atoms with Gasteiger partial charge < -0.3 is 4.57 Å². The van der Waals surface area contributed by atoms with Crippen LogP contribution >= 0.6 is 0 Å². The molecule has 0 aliphatic carbocycles. The van der Waals surface area contributed by atoms with Crippen LogP contribution in [0.25, 0.3) is 22.0 Å². The first kappa shape index (κ1) is 20.4. The number of nitrogens with zero attached hydrogens (tertiary/aromatic N) is 4. The number of aromatic nitrogens is 3. The van der Waals surface area contributed by atoms with Gasteiger partial charge in [0.1, 0.15) is 6.33 Å². The normalized spacial score (nSPS) is 12.4. The highest BCUT2D eigenvalue weighted by atomic mass is 32.2. The Labute approximate surface area is 166 Å². The van der Waals surface area contributed by atoms with Crippen molar-refractivity contribution in [3.05, 3.63) is 48.7 Å². The summed E-state index contributed by atoms with van der Waals surface area (Å²) < 4.78 is 29.9. The lowest BCUT2D eigenvalue weighted by Gasteiger charge is -2.11. The molecule has 150 valence electrons. The van der Waals surface area contributed by atoms with Gasteiger partial charge in [0.25, 0.3) is 10.2 Å². The second-order valence-electron chi connectivity index (χ2n) is 7.49. The Morgan fingerprint density at radius 3 is 2.50 bits per heavy atom. The second-order valence-corrected chi connectivity index (χ2v) is 9.46. The molecule has 0 fully saturated rings. The molecule has 2 aromatic heterocycles. The Morgan fingerprint density at radius 2 is 1.86 bits per heavy atom. The highest BCUT2D eigenvalue weighted by Crippen LogP contribution is 2.28. The average molecular weight is 402 g/mol. The van der Waals surface area contributed by atoms with Gasteiger partial charge in [-0.3, -0.25) is 0 Å². The fourth-order valence-electron chi connectivity index (χ4n) is 3.18. The molecule has 0 spiro atoms. The van der Waals surface area contributed by atoms with Gasteiger partial charge >= 0.3 is 0 Å². The van der Waals surface area contributed by atoms with Crippen LogP contribution in [0.15, 0.2) is 43.1 Å². The Balaban J connectivity index is 1.93. The van der Waals surface area contributed by atoms with E-state index in [1.54, 1.807) is 12.4 Å². The van der Waals surface area contributed by atoms with Crippen molar-refractivity contribution in [2.24, 2.45) is 5.92 Å². The molecule has 1 N–H and O–H groups in total. The number of nitrogens with one attached hydrogen (secondary N) is 1. The quantitative estimate of drug-likeness (QED) is 0.629. The molecule has 0 radical (unpaired) electrons. The van der Waals surface area contributed by atoms with Crippen LogP contribution in [-0.4, -0.2) is 47.9 Å². The summed E-state index contributed by atoms with van der Waals surface area (Å²) in [6.07, 6.45) is 7.90. The van der Waals surface area contributed by atoms with E-state index in [1.807, 2.05) is 0 Å². The summed E-state index contributed by atoms with van der Waals surface area (Å²) in [6, 6.07) is 6.32. The van der Waals surface area contributed by atoms with Gasteiger partial charge in [0.15, 0.2) is 0 Å². The maximum Gasteiger partial charge on any atom is 0.278 e. The molecule has 0 atom stereocenters. The number of hydrogen-bond acceptors (Lipinski definition) is 4. The minimum atomic E-state index is -3.41. The summed E-state index contributed by atoms with van der Waals surface area (Å²) >= 11 is 0. The number of fused-ring (bicyclic) bond motifs is 1. The molecule has 7 nitrogen and oxygen atoms in total. The Bertz CT molecular complexity index is 1040.